The molecule has 2 aromatic carbocycles. The maximum Gasteiger partial charge on any atom is 0.261 e. The molecule has 2 aliphatic heterocycles. The van der Waals surface area contributed by atoms with Crippen LogP contribution >= 0.6 is 0 Å². The summed E-state index contributed by atoms with van der Waals surface area (Å²) in [5, 5.41) is 0. The molecule has 1 aromatic heterocycles. The van der Waals surface area contributed by atoms with Gasteiger partial charge in [-0.25, -0.2) is 9.97 Å². The third-order valence-corrected chi connectivity index (χ3v) is 6.22. The van der Waals surface area contributed by atoms with Crippen LogP contribution < -0.4 is 9.80 Å². The Kier molecular flexibility index (Phi) is 5.28. The molecule has 0 bridgehead atoms. The Morgan fingerprint density at radius 1 is 0.939 bits per heavy atom. The first-order valence-electron chi connectivity index (χ1n) is 11.3. The third kappa shape index (κ3) is 3.51. The highest BCUT2D eigenvalue weighted by molar-refractivity contribution is 6.22. The first kappa shape index (κ1) is 21.1. The fraction of sp³-hybridized carbons (Fsp3) is 0.320. The van der Waals surface area contributed by atoms with Crippen molar-refractivity contribution in [2.24, 2.45) is 0 Å². The van der Waals surface area contributed by atoms with Gasteiger partial charge in [-0.2, -0.15) is 0 Å². The maximum absolute atomic E-state index is 13.6. The molecule has 8 heteroatoms. The van der Waals surface area contributed by atoms with Gasteiger partial charge in [-0.05, 0) is 43.2 Å². The number of nitrogens with zero attached hydrogens (tertiary/aromatic N) is 5. The molecule has 8 nitrogen and oxygen atoms in total. The van der Waals surface area contributed by atoms with Gasteiger partial charge in [0.2, 0.25) is 0 Å². The van der Waals surface area contributed by atoms with Crippen molar-refractivity contribution in [3.63, 3.8) is 0 Å². The predicted molar refractivity (Wildman–Crippen MR) is 126 cm³/mol. The summed E-state index contributed by atoms with van der Waals surface area (Å²) in [6, 6.07) is 12.3. The van der Waals surface area contributed by atoms with Crippen molar-refractivity contribution in [3.05, 3.63) is 59.2 Å². The molecule has 0 radical (unpaired) electrons. The minimum Gasteiger partial charge on any atom is -0.357 e. The Bertz CT molecular complexity index is 1290. The van der Waals surface area contributed by atoms with Crippen molar-refractivity contribution in [1.82, 2.24) is 14.9 Å². The largest absolute Gasteiger partial charge is 0.357 e. The van der Waals surface area contributed by atoms with E-state index >= 15 is 0 Å². The highest BCUT2D eigenvalue weighted by Crippen LogP contribution is 2.32. The molecule has 0 saturated heterocycles. The number of carbonyl (C=O) groups is 3. The number of hydrogen-bond acceptors (Lipinski definition) is 6. The van der Waals surface area contributed by atoms with Gasteiger partial charge in [-0.1, -0.05) is 25.5 Å². The summed E-state index contributed by atoms with van der Waals surface area (Å²) in [6.45, 7) is 3.63. The number of imide groups is 1. The number of aromatic nitrogens is 2. The quantitative estimate of drug-likeness (QED) is 0.574. The molecule has 33 heavy (non-hydrogen) atoms. The Labute approximate surface area is 191 Å². The molecule has 0 N–H and O–H groups in total. The first-order chi connectivity index (χ1) is 16.0. The summed E-state index contributed by atoms with van der Waals surface area (Å²) in [4.78, 5) is 53.6. The molecular weight excluding hydrogens is 418 g/mol. The number of hydrogen-bond donors (Lipinski definition) is 0. The van der Waals surface area contributed by atoms with Crippen molar-refractivity contribution >= 4 is 40.4 Å². The van der Waals surface area contributed by atoms with Crippen molar-refractivity contribution in [2.75, 3.05) is 36.5 Å². The third-order valence-electron chi connectivity index (χ3n) is 6.22. The first-order valence-corrected chi connectivity index (χ1v) is 11.3. The number of amides is 3. The summed E-state index contributed by atoms with van der Waals surface area (Å²) >= 11 is 0. The topological polar surface area (TPSA) is 86.7 Å². The second-order valence-corrected chi connectivity index (χ2v) is 8.47. The zero-order valence-electron chi connectivity index (χ0n) is 18.7. The molecule has 3 amide bonds. The number of rotatable bonds is 4. The summed E-state index contributed by atoms with van der Waals surface area (Å²) in [5.74, 6) is 0.275. The van der Waals surface area contributed by atoms with Crippen molar-refractivity contribution in [2.45, 2.75) is 26.2 Å². The minimum absolute atomic E-state index is 0.258. The molecule has 0 fully saturated rings. The molecule has 0 spiro atoms. The van der Waals surface area contributed by atoms with Crippen LogP contribution in [0.4, 0.5) is 11.6 Å². The van der Waals surface area contributed by atoms with Crippen LogP contribution in [-0.4, -0.2) is 59.3 Å². The average Bonchev–Trinajstić information content (AvgIpc) is 2.96. The Hall–Kier alpha value is -3.81. The van der Waals surface area contributed by atoms with E-state index in [4.69, 9.17) is 9.97 Å². The van der Waals surface area contributed by atoms with Crippen LogP contribution in [0.3, 0.4) is 0 Å². The van der Waals surface area contributed by atoms with Gasteiger partial charge in [0.15, 0.2) is 11.6 Å². The molecule has 0 saturated carbocycles. The molecule has 0 unspecified atom stereocenters. The normalized spacial score (nSPS) is 15.6. The SMILES string of the molecule is CCCCN1C(=O)c2ccc(C(=O)N3CCCN(C)c4nc5ccccc5nc43)cc2C1=O. The number of fused-ring (bicyclic) bond motifs is 3. The van der Waals surface area contributed by atoms with Crippen LogP contribution in [0.25, 0.3) is 11.0 Å². The highest BCUT2D eigenvalue weighted by Gasteiger charge is 2.36. The highest BCUT2D eigenvalue weighted by atomic mass is 16.2. The summed E-state index contributed by atoms with van der Waals surface area (Å²) in [7, 11) is 1.95. The van der Waals surface area contributed by atoms with Gasteiger partial charge < -0.3 is 4.90 Å². The average molecular weight is 444 g/mol. The summed E-state index contributed by atoms with van der Waals surface area (Å²) in [5.41, 5.74) is 2.49. The summed E-state index contributed by atoms with van der Waals surface area (Å²) < 4.78 is 0. The maximum atomic E-state index is 13.6. The monoisotopic (exact) mass is 443 g/mol. The van der Waals surface area contributed by atoms with E-state index in [0.29, 0.717) is 46.9 Å². The van der Waals surface area contributed by atoms with E-state index in [9.17, 15) is 14.4 Å². The molecule has 3 heterocycles. The van der Waals surface area contributed by atoms with Crippen LogP contribution in [0.1, 0.15) is 57.3 Å². The van der Waals surface area contributed by atoms with Crippen molar-refractivity contribution in [3.8, 4) is 0 Å². The molecule has 168 valence electrons. The van der Waals surface area contributed by atoms with Gasteiger partial charge >= 0.3 is 0 Å². The minimum atomic E-state index is -0.333. The Balaban J connectivity index is 1.53. The lowest BCUT2D eigenvalue weighted by Gasteiger charge is -2.23. The smallest absolute Gasteiger partial charge is 0.261 e. The summed E-state index contributed by atoms with van der Waals surface area (Å²) in [6.07, 6.45) is 2.39. The zero-order chi connectivity index (χ0) is 23.1. The predicted octanol–water partition coefficient (Wildman–Crippen LogP) is 3.51. The second kappa shape index (κ2) is 8.27. The lowest BCUT2D eigenvalue weighted by atomic mass is 10.0. The van der Waals surface area contributed by atoms with Crippen LogP contribution in [0.5, 0.6) is 0 Å². The van der Waals surface area contributed by atoms with Crippen LogP contribution in [-0.2, 0) is 0 Å². The molecule has 0 aliphatic carbocycles. The van der Waals surface area contributed by atoms with Crippen molar-refractivity contribution < 1.29 is 14.4 Å². The van der Waals surface area contributed by atoms with E-state index in [0.717, 1.165) is 31.3 Å². The van der Waals surface area contributed by atoms with Gasteiger partial charge in [0.25, 0.3) is 17.7 Å². The van der Waals surface area contributed by atoms with Gasteiger partial charge in [0.05, 0.1) is 22.2 Å². The standard InChI is InChI=1S/C25H25N5O3/c1-3-4-13-30-24(32)17-11-10-16(15-18(17)25(30)33)23(31)29-14-7-12-28(2)21-22(29)27-20-9-6-5-8-19(20)26-21/h5-6,8-11,15H,3-4,7,12-14H2,1-2H3. The van der Waals surface area contributed by atoms with Crippen LogP contribution in [0.15, 0.2) is 42.5 Å². The molecule has 0 atom stereocenters. The number of benzene rings is 2. The molecule has 2 aliphatic rings. The van der Waals surface area contributed by atoms with E-state index < -0.39 is 0 Å². The molecule has 3 aromatic rings. The number of unbranched alkanes of at least 4 members (excludes halogenated alkanes) is 1. The van der Waals surface area contributed by atoms with Gasteiger partial charge in [-0.15, -0.1) is 0 Å². The van der Waals surface area contributed by atoms with Crippen LogP contribution in [0, 0.1) is 0 Å². The van der Waals surface area contributed by atoms with E-state index in [1.54, 1.807) is 23.1 Å². The fourth-order valence-corrected chi connectivity index (χ4v) is 4.39. The van der Waals surface area contributed by atoms with Gasteiger partial charge in [0.1, 0.15) is 0 Å². The zero-order valence-corrected chi connectivity index (χ0v) is 18.7. The second-order valence-electron chi connectivity index (χ2n) is 8.47. The Morgan fingerprint density at radius 3 is 2.36 bits per heavy atom. The van der Waals surface area contributed by atoms with E-state index in [-0.39, 0.29) is 17.7 Å². The van der Waals surface area contributed by atoms with Gasteiger partial charge in [0, 0.05) is 32.2 Å². The number of anilines is 2. The van der Waals surface area contributed by atoms with Gasteiger partial charge in [-0.3, -0.25) is 24.2 Å². The number of carbonyl (C=O) groups excluding carboxylic acids is 3. The van der Waals surface area contributed by atoms with E-state index in [1.165, 1.54) is 4.90 Å². The molecule has 5 rings (SSSR count). The van der Waals surface area contributed by atoms with Crippen molar-refractivity contribution in [1.29, 1.82) is 0 Å². The van der Waals surface area contributed by atoms with E-state index in [2.05, 4.69) is 0 Å². The lowest BCUT2D eigenvalue weighted by molar-refractivity contribution is 0.0652. The Morgan fingerprint density at radius 2 is 1.64 bits per heavy atom. The fourth-order valence-electron chi connectivity index (χ4n) is 4.39. The van der Waals surface area contributed by atoms with Crippen LogP contribution in [0.2, 0.25) is 0 Å². The number of para-hydroxylation sites is 2. The lowest BCUT2D eigenvalue weighted by Crippen LogP contribution is -2.32. The molecular formula is C25H25N5O3. The van der Waals surface area contributed by atoms with E-state index in [1.807, 2.05) is 43.1 Å².